The van der Waals surface area contributed by atoms with Gasteiger partial charge in [-0.05, 0) is 44.0 Å². The lowest BCUT2D eigenvalue weighted by Gasteiger charge is -2.22. The molecule has 4 nitrogen and oxygen atoms in total. The number of hydrogen-bond acceptors (Lipinski definition) is 4. The van der Waals surface area contributed by atoms with Crippen LogP contribution in [-0.4, -0.2) is 31.7 Å². The van der Waals surface area contributed by atoms with Crippen LogP contribution in [0.2, 0.25) is 0 Å². The summed E-state index contributed by atoms with van der Waals surface area (Å²) in [4.78, 5) is 3.96. The van der Waals surface area contributed by atoms with Crippen LogP contribution in [0, 0.1) is 6.92 Å². The van der Waals surface area contributed by atoms with Gasteiger partial charge < -0.3 is 5.32 Å². The van der Waals surface area contributed by atoms with Crippen molar-refractivity contribution in [2.24, 2.45) is 0 Å². The van der Waals surface area contributed by atoms with E-state index >= 15 is 0 Å². The van der Waals surface area contributed by atoms with Crippen molar-refractivity contribution in [3.05, 3.63) is 23.9 Å². The zero-order valence-electron chi connectivity index (χ0n) is 10.0. The molecule has 94 valence electrons. The highest BCUT2D eigenvalue weighted by Gasteiger charge is 2.23. The van der Waals surface area contributed by atoms with Gasteiger partial charge in [-0.1, -0.05) is 6.42 Å². The third-order valence-corrected chi connectivity index (χ3v) is 4.74. The number of aromatic nitrogens is 1. The Kier molecular flexibility index (Phi) is 3.79. The molecule has 1 atom stereocenters. The lowest BCUT2D eigenvalue weighted by molar-refractivity contribution is 0.423. The Bertz CT molecular complexity index is 479. The molecular formula is C12H18N2O2S. The van der Waals surface area contributed by atoms with Crippen LogP contribution >= 0.6 is 0 Å². The average Bonchev–Trinajstić information content (AvgIpc) is 2.30. The molecule has 0 unspecified atom stereocenters. The van der Waals surface area contributed by atoms with Crippen LogP contribution in [0.1, 0.15) is 24.8 Å². The van der Waals surface area contributed by atoms with Gasteiger partial charge in [0.05, 0.1) is 5.75 Å². The maximum absolute atomic E-state index is 12.2. The normalized spacial score (nSPS) is 21.4. The number of nitrogens with one attached hydrogen (secondary N) is 1. The fourth-order valence-electron chi connectivity index (χ4n) is 2.10. The fraction of sp³-hybridized carbons (Fsp3) is 0.583. The first-order chi connectivity index (χ1) is 8.08. The van der Waals surface area contributed by atoms with Crippen molar-refractivity contribution in [3.8, 4) is 0 Å². The summed E-state index contributed by atoms with van der Waals surface area (Å²) in [6, 6.07) is 3.52. The predicted molar refractivity (Wildman–Crippen MR) is 66.7 cm³/mol. The van der Waals surface area contributed by atoms with E-state index in [1.165, 1.54) is 0 Å². The van der Waals surface area contributed by atoms with E-state index in [9.17, 15) is 8.42 Å². The number of pyridine rings is 1. The zero-order valence-corrected chi connectivity index (χ0v) is 10.8. The Hall–Kier alpha value is -0.940. The van der Waals surface area contributed by atoms with E-state index in [-0.39, 0.29) is 16.8 Å². The third-order valence-electron chi connectivity index (χ3n) is 3.04. The lowest BCUT2D eigenvalue weighted by Crippen LogP contribution is -2.39. The van der Waals surface area contributed by atoms with E-state index in [0.29, 0.717) is 0 Å². The van der Waals surface area contributed by atoms with Crippen LogP contribution < -0.4 is 5.32 Å². The van der Waals surface area contributed by atoms with E-state index in [0.717, 1.165) is 31.4 Å². The van der Waals surface area contributed by atoms with Gasteiger partial charge in [-0.3, -0.25) is 0 Å². The summed E-state index contributed by atoms with van der Waals surface area (Å²) in [5, 5.41) is 3.45. The van der Waals surface area contributed by atoms with Crippen molar-refractivity contribution < 1.29 is 8.42 Å². The second-order valence-corrected chi connectivity index (χ2v) is 6.58. The third kappa shape index (κ3) is 3.26. The summed E-state index contributed by atoms with van der Waals surface area (Å²) in [6.07, 6.45) is 4.73. The second kappa shape index (κ2) is 5.14. The molecule has 2 heterocycles. The van der Waals surface area contributed by atoms with Crippen LogP contribution in [0.4, 0.5) is 0 Å². The molecule has 17 heavy (non-hydrogen) atoms. The highest BCUT2D eigenvalue weighted by molar-refractivity contribution is 7.91. The van der Waals surface area contributed by atoms with E-state index in [4.69, 9.17) is 0 Å². The molecule has 1 fully saturated rings. The first-order valence-corrected chi connectivity index (χ1v) is 7.62. The summed E-state index contributed by atoms with van der Waals surface area (Å²) in [5.74, 6) is 0.156. The Morgan fingerprint density at radius 3 is 2.94 bits per heavy atom. The summed E-state index contributed by atoms with van der Waals surface area (Å²) in [5.41, 5.74) is 0.926. The molecule has 0 spiro atoms. The highest BCUT2D eigenvalue weighted by Crippen LogP contribution is 2.15. The van der Waals surface area contributed by atoms with Crippen LogP contribution in [0.5, 0.6) is 0 Å². The van der Waals surface area contributed by atoms with Crippen molar-refractivity contribution >= 4 is 9.84 Å². The molecule has 1 aliphatic heterocycles. The molecule has 0 saturated carbocycles. The van der Waals surface area contributed by atoms with Gasteiger partial charge in [0.25, 0.3) is 0 Å². The van der Waals surface area contributed by atoms with E-state index < -0.39 is 9.84 Å². The first-order valence-electron chi connectivity index (χ1n) is 5.97. The van der Waals surface area contributed by atoms with Crippen LogP contribution in [0.3, 0.4) is 0 Å². The molecule has 5 heteroatoms. The molecule has 1 aromatic heterocycles. The SMILES string of the molecule is Cc1ccnc(S(=O)(=O)C[C@@H]2CCCCN2)c1. The minimum Gasteiger partial charge on any atom is -0.313 e. The average molecular weight is 254 g/mol. The van der Waals surface area contributed by atoms with E-state index in [1.807, 2.05) is 6.92 Å². The van der Waals surface area contributed by atoms with Crippen molar-refractivity contribution in [2.45, 2.75) is 37.3 Å². The van der Waals surface area contributed by atoms with Gasteiger partial charge in [0.1, 0.15) is 0 Å². The smallest absolute Gasteiger partial charge is 0.197 e. The van der Waals surface area contributed by atoms with Crippen LogP contribution in [-0.2, 0) is 9.84 Å². The molecule has 0 bridgehead atoms. The number of rotatable bonds is 3. The Morgan fingerprint density at radius 1 is 1.47 bits per heavy atom. The molecule has 1 saturated heterocycles. The number of sulfone groups is 1. The maximum Gasteiger partial charge on any atom is 0.197 e. The van der Waals surface area contributed by atoms with Crippen molar-refractivity contribution in [2.75, 3.05) is 12.3 Å². The second-order valence-electron chi connectivity index (χ2n) is 4.60. The summed E-state index contributed by atoms with van der Waals surface area (Å²) in [7, 11) is -3.26. The number of hydrogen-bond donors (Lipinski definition) is 1. The number of aryl methyl sites for hydroxylation is 1. The molecule has 2 rings (SSSR count). The monoisotopic (exact) mass is 254 g/mol. The minimum atomic E-state index is -3.26. The van der Waals surface area contributed by atoms with Gasteiger partial charge in [-0.25, -0.2) is 13.4 Å². The van der Waals surface area contributed by atoms with Crippen molar-refractivity contribution in [1.82, 2.24) is 10.3 Å². The molecule has 1 N–H and O–H groups in total. The molecule has 1 aromatic rings. The van der Waals surface area contributed by atoms with Gasteiger partial charge >= 0.3 is 0 Å². The van der Waals surface area contributed by atoms with E-state index in [2.05, 4.69) is 10.3 Å². The molecule has 0 radical (unpaired) electrons. The quantitative estimate of drug-likeness (QED) is 0.883. The standard InChI is InChI=1S/C12H18N2O2S/c1-10-5-7-14-12(8-10)17(15,16)9-11-4-2-3-6-13-11/h5,7-8,11,13H,2-4,6,9H2,1H3/t11-/m0/s1. The minimum absolute atomic E-state index is 0.0797. The number of piperidine rings is 1. The Labute approximate surface area is 102 Å². The molecule has 0 aliphatic carbocycles. The first kappa shape index (κ1) is 12.5. The van der Waals surface area contributed by atoms with Gasteiger partial charge in [0.15, 0.2) is 14.9 Å². The van der Waals surface area contributed by atoms with Crippen LogP contribution in [0.25, 0.3) is 0 Å². The van der Waals surface area contributed by atoms with Crippen molar-refractivity contribution in [1.29, 1.82) is 0 Å². The fourth-order valence-corrected chi connectivity index (χ4v) is 3.67. The van der Waals surface area contributed by atoms with E-state index in [1.54, 1.807) is 18.3 Å². The van der Waals surface area contributed by atoms with Crippen LogP contribution in [0.15, 0.2) is 23.4 Å². The zero-order chi connectivity index (χ0) is 12.3. The van der Waals surface area contributed by atoms with Gasteiger partial charge in [-0.15, -0.1) is 0 Å². The molecule has 0 aromatic carbocycles. The van der Waals surface area contributed by atoms with Gasteiger partial charge in [0, 0.05) is 12.2 Å². The van der Waals surface area contributed by atoms with Gasteiger partial charge in [0.2, 0.25) is 0 Å². The van der Waals surface area contributed by atoms with Gasteiger partial charge in [-0.2, -0.15) is 0 Å². The topological polar surface area (TPSA) is 59.1 Å². The summed E-state index contributed by atoms with van der Waals surface area (Å²) >= 11 is 0. The number of nitrogens with zero attached hydrogens (tertiary/aromatic N) is 1. The maximum atomic E-state index is 12.2. The summed E-state index contributed by atoms with van der Waals surface area (Å²) < 4.78 is 24.3. The molecule has 0 amide bonds. The predicted octanol–water partition coefficient (Wildman–Crippen LogP) is 1.31. The Morgan fingerprint density at radius 2 is 2.29 bits per heavy atom. The summed E-state index contributed by atoms with van der Waals surface area (Å²) in [6.45, 7) is 2.79. The highest BCUT2D eigenvalue weighted by atomic mass is 32.2. The largest absolute Gasteiger partial charge is 0.313 e. The Balaban J connectivity index is 2.13. The lowest BCUT2D eigenvalue weighted by atomic mass is 10.1. The molecule has 1 aliphatic rings. The molecular weight excluding hydrogens is 236 g/mol. The van der Waals surface area contributed by atoms with Crippen molar-refractivity contribution in [3.63, 3.8) is 0 Å².